The zero-order valence-electron chi connectivity index (χ0n) is 12.6. The lowest BCUT2D eigenvalue weighted by molar-refractivity contribution is 0.415. The fourth-order valence-corrected chi connectivity index (χ4v) is 1.73. The summed E-state index contributed by atoms with van der Waals surface area (Å²) in [4.78, 5) is 4.38. The van der Waals surface area contributed by atoms with Crippen molar-refractivity contribution >= 4 is 17.5 Å². The third kappa shape index (κ3) is 4.91. The molecular weight excluding hydrogens is 266 g/mol. The highest BCUT2D eigenvalue weighted by atomic mass is 16.5. The SMILES string of the molecule is COc1ccc(Nc2cnnc(NCCC(C)C)n2)cc1. The van der Waals surface area contributed by atoms with Crippen LogP contribution in [0.5, 0.6) is 5.75 Å². The Morgan fingerprint density at radius 2 is 1.95 bits per heavy atom. The molecule has 2 N–H and O–H groups in total. The van der Waals surface area contributed by atoms with Crippen molar-refractivity contribution in [1.29, 1.82) is 0 Å². The van der Waals surface area contributed by atoms with Crippen LogP contribution in [0.4, 0.5) is 17.5 Å². The third-order valence-corrected chi connectivity index (χ3v) is 2.93. The van der Waals surface area contributed by atoms with Crippen LogP contribution in [-0.2, 0) is 0 Å². The second-order valence-electron chi connectivity index (χ2n) is 5.13. The Hall–Kier alpha value is -2.37. The van der Waals surface area contributed by atoms with Crippen LogP contribution in [-0.4, -0.2) is 28.8 Å². The Balaban J connectivity index is 1.96. The molecule has 21 heavy (non-hydrogen) atoms. The van der Waals surface area contributed by atoms with Gasteiger partial charge in [0.1, 0.15) is 5.75 Å². The molecule has 6 nitrogen and oxygen atoms in total. The predicted octanol–water partition coefficient (Wildman–Crippen LogP) is 3.08. The van der Waals surface area contributed by atoms with E-state index in [4.69, 9.17) is 4.74 Å². The summed E-state index contributed by atoms with van der Waals surface area (Å²) in [6.07, 6.45) is 2.66. The largest absolute Gasteiger partial charge is 0.497 e. The van der Waals surface area contributed by atoms with Crippen molar-refractivity contribution in [3.05, 3.63) is 30.5 Å². The van der Waals surface area contributed by atoms with Crippen molar-refractivity contribution in [2.75, 3.05) is 24.3 Å². The van der Waals surface area contributed by atoms with Gasteiger partial charge < -0.3 is 15.4 Å². The van der Waals surface area contributed by atoms with Gasteiger partial charge in [0.2, 0.25) is 5.95 Å². The molecule has 0 spiro atoms. The number of anilines is 3. The van der Waals surface area contributed by atoms with E-state index in [2.05, 4.69) is 39.7 Å². The molecular formula is C15H21N5O. The lowest BCUT2D eigenvalue weighted by Gasteiger charge is -2.09. The number of aromatic nitrogens is 3. The highest BCUT2D eigenvalue weighted by Crippen LogP contribution is 2.18. The van der Waals surface area contributed by atoms with E-state index < -0.39 is 0 Å². The smallest absolute Gasteiger partial charge is 0.244 e. The van der Waals surface area contributed by atoms with E-state index in [0.717, 1.165) is 24.4 Å². The molecule has 0 fully saturated rings. The minimum Gasteiger partial charge on any atom is -0.497 e. The van der Waals surface area contributed by atoms with E-state index in [1.807, 2.05) is 24.3 Å². The monoisotopic (exact) mass is 287 g/mol. The normalized spacial score (nSPS) is 10.5. The van der Waals surface area contributed by atoms with E-state index in [0.29, 0.717) is 17.7 Å². The molecule has 2 rings (SSSR count). The van der Waals surface area contributed by atoms with E-state index in [9.17, 15) is 0 Å². The fourth-order valence-electron chi connectivity index (χ4n) is 1.73. The zero-order chi connectivity index (χ0) is 15.1. The Bertz CT molecular complexity index is 556. The lowest BCUT2D eigenvalue weighted by Crippen LogP contribution is -2.09. The Labute approximate surface area is 125 Å². The van der Waals surface area contributed by atoms with Crippen molar-refractivity contribution in [3.63, 3.8) is 0 Å². The summed E-state index contributed by atoms with van der Waals surface area (Å²) in [6.45, 7) is 5.20. The van der Waals surface area contributed by atoms with Gasteiger partial charge in [-0.25, -0.2) is 0 Å². The average Bonchev–Trinajstić information content (AvgIpc) is 2.48. The minimum atomic E-state index is 0.536. The maximum absolute atomic E-state index is 5.13. The first-order chi connectivity index (χ1) is 10.2. The van der Waals surface area contributed by atoms with Crippen molar-refractivity contribution < 1.29 is 4.74 Å². The van der Waals surface area contributed by atoms with Crippen LogP contribution in [0.25, 0.3) is 0 Å². The van der Waals surface area contributed by atoms with Gasteiger partial charge in [0, 0.05) is 12.2 Å². The van der Waals surface area contributed by atoms with Gasteiger partial charge in [0.05, 0.1) is 13.3 Å². The van der Waals surface area contributed by atoms with Gasteiger partial charge in [0.25, 0.3) is 0 Å². The van der Waals surface area contributed by atoms with Crippen LogP contribution in [0.2, 0.25) is 0 Å². The molecule has 0 atom stereocenters. The summed E-state index contributed by atoms with van der Waals surface area (Å²) in [5.74, 6) is 2.65. The highest BCUT2D eigenvalue weighted by molar-refractivity contribution is 5.57. The standard InChI is InChI=1S/C15H21N5O/c1-11(2)8-9-16-15-19-14(10-17-20-15)18-12-4-6-13(21-3)7-5-12/h4-7,10-11H,8-9H2,1-3H3,(H2,16,18,19,20). The molecule has 0 unspecified atom stereocenters. The molecule has 6 heteroatoms. The number of methoxy groups -OCH3 is 1. The van der Waals surface area contributed by atoms with E-state index in [1.165, 1.54) is 0 Å². The Morgan fingerprint density at radius 3 is 2.62 bits per heavy atom. The second kappa shape index (κ2) is 7.42. The van der Waals surface area contributed by atoms with Gasteiger partial charge in [-0.2, -0.15) is 10.1 Å². The summed E-state index contributed by atoms with van der Waals surface area (Å²) in [6, 6.07) is 7.62. The maximum Gasteiger partial charge on any atom is 0.244 e. The molecule has 0 saturated carbocycles. The number of nitrogens with zero attached hydrogens (tertiary/aromatic N) is 3. The highest BCUT2D eigenvalue weighted by Gasteiger charge is 2.02. The fraction of sp³-hybridized carbons (Fsp3) is 0.400. The van der Waals surface area contributed by atoms with Crippen molar-refractivity contribution in [2.45, 2.75) is 20.3 Å². The molecule has 2 aromatic rings. The number of benzene rings is 1. The first-order valence-corrected chi connectivity index (χ1v) is 7.02. The van der Waals surface area contributed by atoms with Gasteiger partial charge in [-0.15, -0.1) is 5.10 Å². The van der Waals surface area contributed by atoms with Crippen LogP contribution in [0, 0.1) is 5.92 Å². The van der Waals surface area contributed by atoms with Crippen molar-refractivity contribution in [3.8, 4) is 5.75 Å². The summed E-state index contributed by atoms with van der Waals surface area (Å²) in [7, 11) is 1.64. The lowest BCUT2D eigenvalue weighted by atomic mass is 10.1. The number of hydrogen-bond acceptors (Lipinski definition) is 6. The number of hydrogen-bond donors (Lipinski definition) is 2. The number of rotatable bonds is 7. The molecule has 0 aliphatic rings. The molecule has 0 aliphatic carbocycles. The number of nitrogens with one attached hydrogen (secondary N) is 2. The van der Waals surface area contributed by atoms with E-state index >= 15 is 0 Å². The first kappa shape index (κ1) is 15.0. The van der Waals surface area contributed by atoms with Gasteiger partial charge in [-0.05, 0) is 36.6 Å². The summed E-state index contributed by atoms with van der Waals surface area (Å²) < 4.78 is 5.13. The molecule has 0 amide bonds. The molecule has 0 saturated heterocycles. The third-order valence-electron chi connectivity index (χ3n) is 2.93. The van der Waals surface area contributed by atoms with Crippen LogP contribution in [0.1, 0.15) is 20.3 Å². The molecule has 1 aromatic carbocycles. The minimum absolute atomic E-state index is 0.536. The van der Waals surface area contributed by atoms with Crippen molar-refractivity contribution in [2.24, 2.45) is 5.92 Å². The van der Waals surface area contributed by atoms with Crippen molar-refractivity contribution in [1.82, 2.24) is 15.2 Å². The quantitative estimate of drug-likeness (QED) is 0.815. The van der Waals surface area contributed by atoms with Gasteiger partial charge >= 0.3 is 0 Å². The topological polar surface area (TPSA) is 72.0 Å². The maximum atomic E-state index is 5.13. The van der Waals surface area contributed by atoms with Crippen LogP contribution in [0.15, 0.2) is 30.5 Å². The molecule has 0 radical (unpaired) electrons. The van der Waals surface area contributed by atoms with E-state index in [-0.39, 0.29) is 0 Å². The van der Waals surface area contributed by atoms with Gasteiger partial charge in [0.15, 0.2) is 5.82 Å². The Morgan fingerprint density at radius 1 is 1.19 bits per heavy atom. The second-order valence-corrected chi connectivity index (χ2v) is 5.13. The zero-order valence-corrected chi connectivity index (χ0v) is 12.6. The molecule has 0 aliphatic heterocycles. The van der Waals surface area contributed by atoms with Crippen LogP contribution >= 0.6 is 0 Å². The predicted molar refractivity (Wildman–Crippen MR) is 84.0 cm³/mol. The van der Waals surface area contributed by atoms with Crippen LogP contribution in [0.3, 0.4) is 0 Å². The molecule has 1 aromatic heterocycles. The molecule has 0 bridgehead atoms. The number of ether oxygens (including phenoxy) is 1. The summed E-state index contributed by atoms with van der Waals surface area (Å²) >= 11 is 0. The van der Waals surface area contributed by atoms with Gasteiger partial charge in [-0.3, -0.25) is 0 Å². The van der Waals surface area contributed by atoms with Crippen LogP contribution < -0.4 is 15.4 Å². The molecule has 112 valence electrons. The first-order valence-electron chi connectivity index (χ1n) is 7.02. The Kier molecular flexibility index (Phi) is 5.31. The van der Waals surface area contributed by atoms with E-state index in [1.54, 1.807) is 13.3 Å². The van der Waals surface area contributed by atoms with Gasteiger partial charge in [-0.1, -0.05) is 13.8 Å². The molecule has 1 heterocycles. The summed E-state index contributed by atoms with van der Waals surface area (Å²) in [5.41, 5.74) is 0.921. The average molecular weight is 287 g/mol. The summed E-state index contributed by atoms with van der Waals surface area (Å²) in [5, 5.41) is 14.3.